The number of aliphatic imine (C=N–C) groups is 2. The van der Waals surface area contributed by atoms with Crippen molar-refractivity contribution < 1.29 is 22.7 Å². The van der Waals surface area contributed by atoms with Gasteiger partial charge in [-0.25, -0.2) is 24.7 Å². The smallest absolute Gasteiger partial charge is 0.282 e. The van der Waals surface area contributed by atoms with Gasteiger partial charge in [-0.05, 0) is 24.9 Å². The number of ether oxygens (including phenoxy) is 1. The van der Waals surface area contributed by atoms with E-state index in [0.717, 1.165) is 5.39 Å². The van der Waals surface area contributed by atoms with Crippen molar-refractivity contribution in [2.24, 2.45) is 15.9 Å². The number of fused-ring (bicyclic) bond motifs is 2. The van der Waals surface area contributed by atoms with Gasteiger partial charge in [-0.3, -0.25) is 14.7 Å². The summed E-state index contributed by atoms with van der Waals surface area (Å²) < 4.78 is 50.9. The van der Waals surface area contributed by atoms with Crippen molar-refractivity contribution in [2.75, 3.05) is 46.4 Å². The zero-order valence-electron chi connectivity index (χ0n) is 25.5. The quantitative estimate of drug-likeness (QED) is 0.307. The molecule has 2 aromatic rings. The highest BCUT2D eigenvalue weighted by Gasteiger charge is 2.45. The van der Waals surface area contributed by atoms with Crippen LogP contribution in [0.3, 0.4) is 0 Å². The fraction of sp³-hybridized carbons (Fsp3) is 0.382. The van der Waals surface area contributed by atoms with E-state index < -0.39 is 41.7 Å². The molecule has 0 radical (unpaired) electrons. The second-order valence-electron chi connectivity index (χ2n) is 12.0. The number of likely N-dealkylation sites (tertiary alicyclic amines) is 1. The van der Waals surface area contributed by atoms with Crippen molar-refractivity contribution in [2.45, 2.75) is 30.7 Å². The van der Waals surface area contributed by atoms with Crippen LogP contribution in [0.25, 0.3) is 21.3 Å². The van der Waals surface area contributed by atoms with Crippen LogP contribution >= 0.6 is 11.6 Å². The number of rotatable bonds is 6. The highest BCUT2D eigenvalue weighted by Crippen LogP contribution is 2.42. The normalized spacial score (nSPS) is 26.2. The first-order valence-electron chi connectivity index (χ1n) is 15.2. The molecule has 242 valence electrons. The maximum Gasteiger partial charge on any atom is 0.282 e. The monoisotopic (exact) mass is 661 g/mol. The van der Waals surface area contributed by atoms with Crippen molar-refractivity contribution in [3.8, 4) is 6.07 Å². The van der Waals surface area contributed by atoms with E-state index in [2.05, 4.69) is 27.5 Å². The van der Waals surface area contributed by atoms with Crippen molar-refractivity contribution in [1.82, 2.24) is 14.7 Å². The van der Waals surface area contributed by atoms with Gasteiger partial charge in [-0.1, -0.05) is 48.5 Å². The molecule has 2 unspecified atom stereocenters. The first kappa shape index (κ1) is 32.3. The molecule has 2 aromatic carbocycles. The number of hydrogen-bond donors (Lipinski definition) is 0. The molecule has 0 spiro atoms. The Morgan fingerprint density at radius 1 is 1.23 bits per heavy atom. The van der Waals surface area contributed by atoms with Crippen LogP contribution < -0.4 is 0 Å². The zero-order valence-corrected chi connectivity index (χ0v) is 26.3. The van der Waals surface area contributed by atoms with Crippen LogP contribution in [0.4, 0.5) is 13.2 Å². The van der Waals surface area contributed by atoms with E-state index in [4.69, 9.17) is 22.9 Å². The molecule has 1 amide bonds. The number of amides is 1. The average molecular weight is 662 g/mol. The Balaban J connectivity index is 1.42. The van der Waals surface area contributed by atoms with Crippen LogP contribution in [-0.4, -0.2) is 103 Å². The number of hydrogen-bond acceptors (Lipinski definition) is 7. The number of dihydropyridines is 1. The lowest BCUT2D eigenvalue weighted by atomic mass is 9.85. The van der Waals surface area contributed by atoms with Crippen molar-refractivity contribution in [3.05, 3.63) is 87.9 Å². The average Bonchev–Trinajstić information content (AvgIpc) is 3.39. The third-order valence-corrected chi connectivity index (χ3v) is 9.44. The first-order valence-corrected chi connectivity index (χ1v) is 15.5. The Morgan fingerprint density at radius 2 is 2.00 bits per heavy atom. The van der Waals surface area contributed by atoms with Crippen LogP contribution in [0.5, 0.6) is 0 Å². The lowest BCUT2D eigenvalue weighted by Crippen LogP contribution is -2.57. The topological polar surface area (TPSA) is 88.9 Å². The van der Waals surface area contributed by atoms with Gasteiger partial charge in [0.25, 0.3) is 5.91 Å². The minimum atomic E-state index is -1.16. The molecular formula is C34H31ClF3N7O2. The maximum absolute atomic E-state index is 16.8. The molecule has 4 aliphatic heterocycles. The maximum atomic E-state index is 16.8. The van der Waals surface area contributed by atoms with Gasteiger partial charge in [0.15, 0.2) is 11.7 Å². The summed E-state index contributed by atoms with van der Waals surface area (Å²) in [4.78, 5) is 30.1. The molecule has 4 aliphatic rings. The number of nitriles is 1. The van der Waals surface area contributed by atoms with Gasteiger partial charge >= 0.3 is 0 Å². The standard InChI is InChI=1S/C34H31ClF3N7O2/c1-19(36)34(46)45-11-10-44(17-23(45)14-40-2)32-25(13-39)33(47-18-22-12-21(37)16-43(22)3)42-31-26(32)15-41-30(29(31)38)24-8-4-6-20-7-5-9-27(35)28(20)24/h4-9,15,21-23,26,31H,1,10-12,14,16-18H2,3H3/t21-,22+,23+,26?,31?/m1/s1. The molecule has 9 nitrogen and oxygen atoms in total. The van der Waals surface area contributed by atoms with Crippen LogP contribution in [0.1, 0.15) is 12.0 Å². The number of alkyl halides is 1. The number of carbonyl (C=O) groups excluding carboxylic acids is 1. The molecule has 47 heavy (non-hydrogen) atoms. The van der Waals surface area contributed by atoms with Crippen molar-refractivity contribution in [1.29, 1.82) is 5.26 Å². The largest absolute Gasteiger partial charge is 0.475 e. The lowest BCUT2D eigenvalue weighted by Gasteiger charge is -2.44. The fourth-order valence-corrected chi connectivity index (χ4v) is 7.12. The van der Waals surface area contributed by atoms with E-state index in [1.807, 2.05) is 17.0 Å². The van der Waals surface area contributed by atoms with E-state index >= 15 is 4.39 Å². The van der Waals surface area contributed by atoms with Gasteiger partial charge in [0.1, 0.15) is 42.2 Å². The molecule has 2 saturated heterocycles. The van der Waals surface area contributed by atoms with E-state index in [9.17, 15) is 18.8 Å². The highest BCUT2D eigenvalue weighted by atomic mass is 35.5. The molecule has 4 heterocycles. The summed E-state index contributed by atoms with van der Waals surface area (Å²) in [6, 6.07) is 10.8. The molecule has 5 atom stereocenters. The molecule has 0 N–H and O–H groups in total. The Labute approximate surface area is 275 Å². The summed E-state index contributed by atoms with van der Waals surface area (Å²) in [6.07, 6.45) is 0.779. The number of carbonyl (C=O) groups is 1. The minimum absolute atomic E-state index is 0.0258. The number of halogens is 4. The number of piperazine rings is 1. The Hall–Kier alpha value is -4.65. The predicted octanol–water partition coefficient (Wildman–Crippen LogP) is 5.36. The zero-order chi connectivity index (χ0) is 33.4. The van der Waals surface area contributed by atoms with E-state index in [-0.39, 0.29) is 69.0 Å². The molecular weight excluding hydrogens is 631 g/mol. The minimum Gasteiger partial charge on any atom is -0.475 e. The fourth-order valence-electron chi connectivity index (χ4n) is 6.83. The van der Waals surface area contributed by atoms with Crippen LogP contribution in [0, 0.1) is 23.8 Å². The number of nitrogens with zero attached hydrogens (tertiary/aromatic N) is 7. The summed E-state index contributed by atoms with van der Waals surface area (Å²) >= 11 is 6.57. The van der Waals surface area contributed by atoms with Gasteiger partial charge in [-0.2, -0.15) is 5.26 Å². The molecule has 0 aliphatic carbocycles. The molecule has 13 heteroatoms. The molecule has 0 saturated carbocycles. The van der Waals surface area contributed by atoms with Crippen LogP contribution in [0.15, 0.2) is 75.9 Å². The summed E-state index contributed by atoms with van der Waals surface area (Å²) in [5.74, 6) is -3.60. The van der Waals surface area contributed by atoms with Crippen molar-refractivity contribution >= 4 is 46.1 Å². The van der Waals surface area contributed by atoms with Gasteiger partial charge in [-0.15, -0.1) is 0 Å². The van der Waals surface area contributed by atoms with Gasteiger partial charge in [0.05, 0.1) is 5.92 Å². The Morgan fingerprint density at radius 3 is 2.68 bits per heavy atom. The number of benzene rings is 2. The Bertz CT molecular complexity index is 1840. The van der Waals surface area contributed by atoms with Crippen LogP contribution in [-0.2, 0) is 9.53 Å². The molecule has 0 bridgehead atoms. The summed E-state index contributed by atoms with van der Waals surface area (Å²) in [7, 11) is 1.78. The van der Waals surface area contributed by atoms with Gasteiger partial charge < -0.3 is 19.4 Å². The SMILES string of the molecule is [C-]#[N+]C[C@H]1CN(C2=C(C#N)C(OC[C@@H]3C[C@@H](F)CN3C)=NC3C(F)=C(c4cccc5cccc(Cl)c45)N=CC23)CCN1C(=O)C(=C)F. The van der Waals surface area contributed by atoms with E-state index in [1.165, 1.54) is 4.90 Å². The first-order chi connectivity index (χ1) is 22.6. The summed E-state index contributed by atoms with van der Waals surface area (Å²) in [6.45, 7) is 11.0. The van der Waals surface area contributed by atoms with Crippen LogP contribution in [0.2, 0.25) is 5.02 Å². The van der Waals surface area contributed by atoms with Gasteiger partial charge in [0, 0.05) is 60.1 Å². The van der Waals surface area contributed by atoms with E-state index in [1.54, 1.807) is 42.4 Å². The van der Waals surface area contributed by atoms with Crippen molar-refractivity contribution in [3.63, 3.8) is 0 Å². The highest BCUT2D eigenvalue weighted by molar-refractivity contribution is 6.36. The van der Waals surface area contributed by atoms with E-state index in [0.29, 0.717) is 21.7 Å². The second kappa shape index (κ2) is 13.2. The third kappa shape index (κ3) is 5.99. The molecule has 6 rings (SSSR count). The third-order valence-electron chi connectivity index (χ3n) is 9.12. The molecule has 2 fully saturated rings. The molecule has 0 aromatic heterocycles. The second-order valence-corrected chi connectivity index (χ2v) is 12.4. The lowest BCUT2D eigenvalue weighted by molar-refractivity contribution is -0.132. The Kier molecular flexibility index (Phi) is 9.09. The van der Waals surface area contributed by atoms with Gasteiger partial charge in [0.2, 0.25) is 12.4 Å². The number of likely N-dealkylation sites (N-methyl/N-ethyl adjacent to an activating group) is 1. The summed E-state index contributed by atoms with van der Waals surface area (Å²) in [5.41, 5.74) is 0.953. The summed E-state index contributed by atoms with van der Waals surface area (Å²) in [5, 5.41) is 12.3. The predicted molar refractivity (Wildman–Crippen MR) is 174 cm³/mol.